The zero-order valence-corrected chi connectivity index (χ0v) is 17.8. The molecule has 2 aromatic heterocycles. The third kappa shape index (κ3) is 4.29. The van der Waals surface area contributed by atoms with Crippen molar-refractivity contribution in [2.45, 2.75) is 44.9 Å². The van der Waals surface area contributed by atoms with Gasteiger partial charge < -0.3 is 0 Å². The fourth-order valence-electron chi connectivity index (χ4n) is 3.22. The molecule has 1 fully saturated rings. The molecule has 6 nitrogen and oxygen atoms in total. The van der Waals surface area contributed by atoms with Gasteiger partial charge in [-0.2, -0.15) is 0 Å². The Hall–Kier alpha value is -2.42. The monoisotopic (exact) mass is 427 g/mol. The van der Waals surface area contributed by atoms with Gasteiger partial charge in [0.1, 0.15) is 5.69 Å². The first-order valence-electron chi connectivity index (χ1n) is 9.47. The average Bonchev–Trinajstić information content (AvgIpc) is 3.32. The highest BCUT2D eigenvalue weighted by atomic mass is 32.1. The molecule has 8 heteroatoms. The highest BCUT2D eigenvalue weighted by Gasteiger charge is 2.32. The third-order valence-corrected chi connectivity index (χ3v) is 7.28. The first-order chi connectivity index (χ1) is 14.0. The second-order valence-electron chi connectivity index (χ2n) is 7.37. The lowest BCUT2D eigenvalue weighted by molar-refractivity contribution is 0.0706. The van der Waals surface area contributed by atoms with Crippen LogP contribution in [0.5, 0.6) is 0 Å². The van der Waals surface area contributed by atoms with E-state index in [-0.39, 0.29) is 11.7 Å². The van der Waals surface area contributed by atoms with Crippen LogP contribution >= 0.6 is 22.7 Å². The van der Waals surface area contributed by atoms with Crippen LogP contribution in [0.25, 0.3) is 10.0 Å². The number of amides is 1. The molecule has 1 saturated carbocycles. The SMILES string of the molecule is Cc1cnc(-c2nc(C(=O)C[C@@H](C)c3ccc(C(=O)NO)cc3)c(C3CC3)s2)s1. The van der Waals surface area contributed by atoms with Gasteiger partial charge in [0.15, 0.2) is 15.8 Å². The van der Waals surface area contributed by atoms with Gasteiger partial charge in [-0.15, -0.1) is 22.7 Å². The van der Waals surface area contributed by atoms with Crippen molar-refractivity contribution in [2.75, 3.05) is 0 Å². The molecular weight excluding hydrogens is 406 g/mol. The molecule has 0 spiro atoms. The fourth-order valence-corrected chi connectivity index (χ4v) is 5.26. The molecule has 1 aliphatic carbocycles. The number of rotatable bonds is 7. The second kappa shape index (κ2) is 8.14. The number of aryl methyl sites for hydroxylation is 1. The predicted molar refractivity (Wildman–Crippen MR) is 113 cm³/mol. The molecule has 0 aliphatic heterocycles. The van der Waals surface area contributed by atoms with E-state index >= 15 is 0 Å². The Morgan fingerprint density at radius 1 is 1.21 bits per heavy atom. The molecular formula is C21H21N3O3S2. The highest BCUT2D eigenvalue weighted by Crippen LogP contribution is 2.47. The zero-order valence-electron chi connectivity index (χ0n) is 16.1. The Kier molecular flexibility index (Phi) is 5.58. The van der Waals surface area contributed by atoms with Crippen LogP contribution in [-0.2, 0) is 0 Å². The van der Waals surface area contributed by atoms with Crippen LogP contribution in [-0.4, -0.2) is 26.9 Å². The highest BCUT2D eigenvalue weighted by molar-refractivity contribution is 7.21. The van der Waals surface area contributed by atoms with Crippen molar-refractivity contribution >= 4 is 34.4 Å². The van der Waals surface area contributed by atoms with Crippen LogP contribution in [0.4, 0.5) is 0 Å². The van der Waals surface area contributed by atoms with Gasteiger partial charge in [0.05, 0.1) is 0 Å². The van der Waals surface area contributed by atoms with Crippen molar-refractivity contribution in [1.29, 1.82) is 0 Å². The maximum Gasteiger partial charge on any atom is 0.274 e. The molecule has 0 bridgehead atoms. The second-order valence-corrected chi connectivity index (χ2v) is 9.64. The normalized spacial score (nSPS) is 14.6. The number of carbonyl (C=O) groups is 2. The van der Waals surface area contributed by atoms with Crippen molar-refractivity contribution < 1.29 is 14.8 Å². The van der Waals surface area contributed by atoms with E-state index in [2.05, 4.69) is 9.97 Å². The minimum absolute atomic E-state index is 0.00644. The largest absolute Gasteiger partial charge is 0.292 e. The van der Waals surface area contributed by atoms with E-state index in [0.717, 1.165) is 38.2 Å². The van der Waals surface area contributed by atoms with Gasteiger partial charge in [0, 0.05) is 27.9 Å². The fraction of sp³-hybridized carbons (Fsp3) is 0.333. The number of carbonyl (C=O) groups excluding carboxylic acids is 2. The van der Waals surface area contributed by atoms with Crippen molar-refractivity contribution in [3.8, 4) is 10.0 Å². The van der Waals surface area contributed by atoms with Crippen LogP contribution in [0.2, 0.25) is 0 Å². The van der Waals surface area contributed by atoms with Gasteiger partial charge >= 0.3 is 0 Å². The van der Waals surface area contributed by atoms with E-state index in [1.807, 2.05) is 32.2 Å². The third-order valence-electron chi connectivity index (χ3n) is 5.00. The molecule has 0 saturated heterocycles. The number of ketones is 1. The van der Waals surface area contributed by atoms with Crippen molar-refractivity contribution in [2.24, 2.45) is 0 Å². The van der Waals surface area contributed by atoms with E-state index in [0.29, 0.717) is 23.6 Å². The Morgan fingerprint density at radius 2 is 1.93 bits per heavy atom. The van der Waals surface area contributed by atoms with E-state index in [9.17, 15) is 9.59 Å². The summed E-state index contributed by atoms with van der Waals surface area (Å²) in [6.07, 6.45) is 4.42. The lowest BCUT2D eigenvalue weighted by Gasteiger charge is -2.11. The number of hydrogen-bond acceptors (Lipinski definition) is 7. The molecule has 1 aliphatic rings. The van der Waals surface area contributed by atoms with Gasteiger partial charge in [0.2, 0.25) is 0 Å². The Balaban J connectivity index is 1.53. The minimum atomic E-state index is -0.554. The number of nitrogens with zero attached hydrogens (tertiary/aromatic N) is 2. The van der Waals surface area contributed by atoms with Gasteiger partial charge in [-0.3, -0.25) is 14.8 Å². The summed E-state index contributed by atoms with van der Waals surface area (Å²) in [5.74, 6) is -0.0602. The summed E-state index contributed by atoms with van der Waals surface area (Å²) in [4.78, 5) is 35.9. The standard InChI is InChI=1S/C21H21N3O3S2/c1-11(13-3-7-15(8-4-13)19(26)24-27)9-16(25)17-18(14-5-6-14)29-21(23-17)20-22-10-12(2)28-20/h3-4,7-8,10-11,14,27H,5-6,9H2,1-2H3,(H,24,26)/t11-/m1/s1. The number of Topliss-reactive ketones (excluding diaryl/α,β-unsaturated/α-hetero) is 1. The Bertz CT molecular complexity index is 1050. The van der Waals surface area contributed by atoms with Crippen LogP contribution in [0.3, 0.4) is 0 Å². The zero-order chi connectivity index (χ0) is 20.5. The van der Waals surface area contributed by atoms with Crippen molar-refractivity contribution in [1.82, 2.24) is 15.4 Å². The number of hydroxylamine groups is 1. The Morgan fingerprint density at radius 3 is 2.52 bits per heavy atom. The number of hydrogen-bond donors (Lipinski definition) is 2. The van der Waals surface area contributed by atoms with Gasteiger partial charge in [-0.05, 0) is 49.3 Å². The van der Waals surface area contributed by atoms with E-state index in [4.69, 9.17) is 5.21 Å². The summed E-state index contributed by atoms with van der Waals surface area (Å²) in [7, 11) is 0. The van der Waals surface area contributed by atoms with E-state index in [1.54, 1.807) is 40.3 Å². The molecule has 4 rings (SSSR count). The lowest BCUT2D eigenvalue weighted by Crippen LogP contribution is -2.18. The van der Waals surface area contributed by atoms with Gasteiger partial charge in [0.25, 0.3) is 5.91 Å². The van der Waals surface area contributed by atoms with Crippen molar-refractivity contribution in [3.63, 3.8) is 0 Å². The molecule has 2 N–H and O–H groups in total. The quantitative estimate of drug-likeness (QED) is 0.316. The number of benzene rings is 1. The number of nitrogens with one attached hydrogen (secondary N) is 1. The van der Waals surface area contributed by atoms with Crippen LogP contribution in [0.1, 0.15) is 74.2 Å². The summed E-state index contributed by atoms with van der Waals surface area (Å²) in [6.45, 7) is 4.01. The van der Waals surface area contributed by atoms with E-state index < -0.39 is 5.91 Å². The maximum absolute atomic E-state index is 13.1. The molecule has 1 aromatic carbocycles. The smallest absolute Gasteiger partial charge is 0.274 e. The molecule has 0 unspecified atom stereocenters. The molecule has 29 heavy (non-hydrogen) atoms. The number of thiazole rings is 2. The summed E-state index contributed by atoms with van der Waals surface area (Å²) in [5, 5.41) is 10.4. The minimum Gasteiger partial charge on any atom is -0.292 e. The van der Waals surface area contributed by atoms with Crippen LogP contribution in [0, 0.1) is 6.92 Å². The molecule has 1 atom stereocenters. The average molecular weight is 428 g/mol. The molecule has 1 amide bonds. The first-order valence-corrected chi connectivity index (χ1v) is 11.1. The maximum atomic E-state index is 13.1. The van der Waals surface area contributed by atoms with Crippen LogP contribution in [0.15, 0.2) is 30.5 Å². The topological polar surface area (TPSA) is 92.2 Å². The lowest BCUT2D eigenvalue weighted by atomic mass is 9.93. The van der Waals surface area contributed by atoms with E-state index in [1.165, 1.54) is 0 Å². The molecule has 150 valence electrons. The summed E-state index contributed by atoms with van der Waals surface area (Å²) in [5.41, 5.74) is 3.55. The van der Waals surface area contributed by atoms with Crippen molar-refractivity contribution in [3.05, 3.63) is 57.0 Å². The van der Waals surface area contributed by atoms with Crippen LogP contribution < -0.4 is 5.48 Å². The molecule has 0 radical (unpaired) electrons. The Labute approximate surface area is 176 Å². The predicted octanol–water partition coefficient (Wildman–Crippen LogP) is 4.95. The van der Waals surface area contributed by atoms with Gasteiger partial charge in [-0.25, -0.2) is 15.4 Å². The molecule has 2 heterocycles. The first kappa shape index (κ1) is 19.9. The summed E-state index contributed by atoms with van der Waals surface area (Å²) >= 11 is 3.20. The summed E-state index contributed by atoms with van der Waals surface area (Å²) in [6, 6.07) is 6.91. The van der Waals surface area contributed by atoms with Gasteiger partial charge in [-0.1, -0.05) is 19.1 Å². The molecule has 3 aromatic rings. The summed E-state index contributed by atoms with van der Waals surface area (Å²) < 4.78 is 0. The number of aromatic nitrogens is 2.